The summed E-state index contributed by atoms with van der Waals surface area (Å²) in [6.45, 7) is 4.32. The van der Waals surface area contributed by atoms with Gasteiger partial charge in [0.05, 0.1) is 0 Å². The van der Waals surface area contributed by atoms with Crippen molar-refractivity contribution < 1.29 is 9.15 Å². The highest BCUT2D eigenvalue weighted by Gasteiger charge is 2.12. The number of ether oxygens (including phenoxy) is 1. The summed E-state index contributed by atoms with van der Waals surface area (Å²) >= 11 is 3.46. The first-order valence-corrected chi connectivity index (χ1v) is 7.34. The number of aromatic nitrogens is 2. The smallest absolute Gasteiger partial charge is 0.253 e. The Morgan fingerprint density at radius 2 is 2.10 bits per heavy atom. The molecule has 0 aliphatic rings. The third-order valence-corrected chi connectivity index (χ3v) is 3.53. The molecule has 2 rings (SSSR count). The van der Waals surface area contributed by atoms with Gasteiger partial charge in [-0.15, -0.1) is 10.2 Å². The van der Waals surface area contributed by atoms with Crippen molar-refractivity contribution in [3.8, 4) is 5.75 Å². The van der Waals surface area contributed by atoms with E-state index in [4.69, 9.17) is 9.15 Å². The van der Waals surface area contributed by atoms with Crippen LogP contribution in [0.5, 0.6) is 5.75 Å². The molecule has 1 unspecified atom stereocenters. The lowest BCUT2D eigenvalue weighted by Gasteiger charge is -2.16. The quantitative estimate of drug-likeness (QED) is 0.875. The van der Waals surface area contributed by atoms with Gasteiger partial charge < -0.3 is 14.5 Å². The van der Waals surface area contributed by atoms with Gasteiger partial charge in [-0.1, -0.05) is 28.9 Å². The highest BCUT2D eigenvalue weighted by atomic mass is 79.9. The second-order valence-electron chi connectivity index (χ2n) is 4.42. The maximum Gasteiger partial charge on any atom is 0.253 e. The van der Waals surface area contributed by atoms with E-state index in [0.29, 0.717) is 11.8 Å². The molecule has 1 atom stereocenters. The first-order valence-electron chi connectivity index (χ1n) is 6.54. The SMILES string of the molecule is CCc1nnc(COc2cc(Br)ccc2C(C)NC)o1. The van der Waals surface area contributed by atoms with Crippen LogP contribution < -0.4 is 10.1 Å². The number of nitrogens with one attached hydrogen (secondary N) is 1. The fraction of sp³-hybridized carbons (Fsp3) is 0.429. The van der Waals surface area contributed by atoms with Gasteiger partial charge in [0.15, 0.2) is 6.61 Å². The average Bonchev–Trinajstić information content (AvgIpc) is 2.92. The van der Waals surface area contributed by atoms with Crippen LogP contribution in [0.25, 0.3) is 0 Å². The average molecular weight is 340 g/mol. The van der Waals surface area contributed by atoms with Crippen molar-refractivity contribution in [2.75, 3.05) is 7.05 Å². The topological polar surface area (TPSA) is 60.2 Å². The molecule has 1 aromatic heterocycles. The van der Waals surface area contributed by atoms with Crippen LogP contribution in [0.3, 0.4) is 0 Å². The number of nitrogens with zero attached hydrogens (tertiary/aromatic N) is 2. The fourth-order valence-corrected chi connectivity index (χ4v) is 2.12. The molecule has 0 bridgehead atoms. The molecule has 0 spiro atoms. The lowest BCUT2D eigenvalue weighted by Crippen LogP contribution is -2.13. The number of aryl methyl sites for hydroxylation is 1. The molecule has 1 heterocycles. The standard InChI is InChI=1S/C14H18BrN3O2/c1-4-13-17-18-14(20-13)8-19-12-7-10(15)5-6-11(12)9(2)16-3/h5-7,9,16H,4,8H2,1-3H3. The van der Waals surface area contributed by atoms with Crippen LogP contribution >= 0.6 is 15.9 Å². The molecule has 0 saturated heterocycles. The summed E-state index contributed by atoms with van der Waals surface area (Å²) in [4.78, 5) is 0. The molecule has 0 saturated carbocycles. The predicted molar refractivity (Wildman–Crippen MR) is 79.6 cm³/mol. The number of benzene rings is 1. The summed E-state index contributed by atoms with van der Waals surface area (Å²) in [6, 6.07) is 6.18. The van der Waals surface area contributed by atoms with Gasteiger partial charge in [-0.05, 0) is 26.1 Å². The minimum Gasteiger partial charge on any atom is -0.483 e. The summed E-state index contributed by atoms with van der Waals surface area (Å²) < 4.78 is 12.2. The van der Waals surface area contributed by atoms with Gasteiger partial charge in [0.1, 0.15) is 5.75 Å². The van der Waals surface area contributed by atoms with Crippen molar-refractivity contribution in [2.45, 2.75) is 32.9 Å². The number of halogens is 1. The van der Waals surface area contributed by atoms with Crippen LogP contribution in [-0.4, -0.2) is 17.2 Å². The highest BCUT2D eigenvalue weighted by Crippen LogP contribution is 2.29. The normalized spacial score (nSPS) is 12.4. The Kier molecular flexibility index (Phi) is 5.14. The van der Waals surface area contributed by atoms with Crippen LogP contribution in [-0.2, 0) is 13.0 Å². The Labute approximate surface area is 126 Å². The fourth-order valence-electron chi connectivity index (χ4n) is 1.78. The Balaban J connectivity index is 2.13. The zero-order valence-corrected chi connectivity index (χ0v) is 13.4. The first kappa shape index (κ1) is 15.0. The maximum atomic E-state index is 5.82. The molecule has 108 valence electrons. The summed E-state index contributed by atoms with van der Waals surface area (Å²) in [6.07, 6.45) is 0.728. The largest absolute Gasteiger partial charge is 0.483 e. The Hall–Kier alpha value is -1.40. The summed E-state index contributed by atoms with van der Waals surface area (Å²) in [5, 5.41) is 11.1. The second kappa shape index (κ2) is 6.85. The molecule has 0 aliphatic heterocycles. The van der Waals surface area contributed by atoms with Gasteiger partial charge >= 0.3 is 0 Å². The van der Waals surface area contributed by atoms with E-state index >= 15 is 0 Å². The Morgan fingerprint density at radius 3 is 2.75 bits per heavy atom. The van der Waals surface area contributed by atoms with Gasteiger partial charge in [-0.2, -0.15) is 0 Å². The van der Waals surface area contributed by atoms with E-state index in [0.717, 1.165) is 22.2 Å². The number of rotatable bonds is 6. The third kappa shape index (κ3) is 3.58. The molecular formula is C14H18BrN3O2. The summed E-state index contributed by atoms with van der Waals surface area (Å²) in [7, 11) is 1.92. The molecular weight excluding hydrogens is 322 g/mol. The molecule has 0 radical (unpaired) electrons. The van der Waals surface area contributed by atoms with Crippen molar-refractivity contribution in [1.29, 1.82) is 0 Å². The summed E-state index contributed by atoms with van der Waals surface area (Å²) in [5.74, 6) is 1.92. The van der Waals surface area contributed by atoms with Crippen LogP contribution in [0.2, 0.25) is 0 Å². The molecule has 0 aliphatic carbocycles. The minimum atomic E-state index is 0.201. The van der Waals surface area contributed by atoms with Gasteiger partial charge in [-0.25, -0.2) is 0 Å². The van der Waals surface area contributed by atoms with E-state index < -0.39 is 0 Å². The van der Waals surface area contributed by atoms with Gasteiger partial charge in [-0.3, -0.25) is 0 Å². The lowest BCUT2D eigenvalue weighted by molar-refractivity contribution is 0.255. The molecule has 2 aromatic rings. The van der Waals surface area contributed by atoms with Gasteiger partial charge in [0, 0.05) is 22.5 Å². The molecule has 1 aromatic carbocycles. The van der Waals surface area contributed by atoms with Crippen molar-refractivity contribution in [3.05, 3.63) is 40.0 Å². The van der Waals surface area contributed by atoms with E-state index in [1.165, 1.54) is 0 Å². The van der Waals surface area contributed by atoms with Crippen molar-refractivity contribution in [3.63, 3.8) is 0 Å². The lowest BCUT2D eigenvalue weighted by atomic mass is 10.1. The zero-order valence-electron chi connectivity index (χ0n) is 11.8. The number of hydrogen-bond acceptors (Lipinski definition) is 5. The van der Waals surface area contributed by atoms with E-state index in [1.54, 1.807) is 0 Å². The minimum absolute atomic E-state index is 0.201. The van der Waals surface area contributed by atoms with E-state index in [2.05, 4.69) is 38.4 Å². The maximum absolute atomic E-state index is 5.82. The van der Waals surface area contributed by atoms with Crippen LogP contribution in [0.15, 0.2) is 27.1 Å². The predicted octanol–water partition coefficient (Wildman–Crippen LogP) is 3.25. The van der Waals surface area contributed by atoms with Gasteiger partial charge in [0.2, 0.25) is 5.89 Å². The van der Waals surface area contributed by atoms with E-state index in [-0.39, 0.29) is 12.6 Å². The summed E-state index contributed by atoms with van der Waals surface area (Å²) in [5.41, 5.74) is 1.09. The van der Waals surface area contributed by atoms with E-state index in [1.807, 2.05) is 32.2 Å². The Bertz CT molecular complexity index is 571. The molecule has 6 heteroatoms. The van der Waals surface area contributed by atoms with Gasteiger partial charge in [0.25, 0.3) is 5.89 Å². The van der Waals surface area contributed by atoms with Crippen molar-refractivity contribution in [1.82, 2.24) is 15.5 Å². The number of hydrogen-bond donors (Lipinski definition) is 1. The van der Waals surface area contributed by atoms with E-state index in [9.17, 15) is 0 Å². The van der Waals surface area contributed by atoms with Crippen molar-refractivity contribution in [2.24, 2.45) is 0 Å². The molecule has 1 N–H and O–H groups in total. The molecule has 0 fully saturated rings. The van der Waals surface area contributed by atoms with Crippen LogP contribution in [0.4, 0.5) is 0 Å². The monoisotopic (exact) mass is 339 g/mol. The zero-order chi connectivity index (χ0) is 14.5. The first-order chi connectivity index (χ1) is 9.63. The molecule has 20 heavy (non-hydrogen) atoms. The van der Waals surface area contributed by atoms with Crippen LogP contribution in [0, 0.1) is 0 Å². The third-order valence-electron chi connectivity index (χ3n) is 3.04. The second-order valence-corrected chi connectivity index (χ2v) is 5.34. The molecule has 0 amide bonds. The van der Waals surface area contributed by atoms with Crippen molar-refractivity contribution >= 4 is 15.9 Å². The highest BCUT2D eigenvalue weighted by molar-refractivity contribution is 9.10. The van der Waals surface area contributed by atoms with Crippen LogP contribution in [0.1, 0.15) is 37.2 Å². The Morgan fingerprint density at radius 1 is 1.35 bits per heavy atom. The molecule has 5 nitrogen and oxygen atoms in total.